The molecule has 128 valence electrons. The molecule has 1 heterocycles. The summed E-state index contributed by atoms with van der Waals surface area (Å²) in [5, 5.41) is 2.67. The maximum Gasteiger partial charge on any atom is 0.255 e. The number of hydrogen-bond acceptors (Lipinski definition) is 5. The number of amides is 1. The van der Waals surface area contributed by atoms with Gasteiger partial charge in [-0.05, 0) is 31.0 Å². The molecule has 0 aromatic heterocycles. The van der Waals surface area contributed by atoms with Gasteiger partial charge in [-0.1, -0.05) is 0 Å². The Morgan fingerprint density at radius 1 is 1.26 bits per heavy atom. The van der Waals surface area contributed by atoms with Crippen molar-refractivity contribution in [3.63, 3.8) is 0 Å². The third kappa shape index (κ3) is 4.01. The van der Waals surface area contributed by atoms with Crippen LogP contribution < -0.4 is 10.1 Å². The molecule has 23 heavy (non-hydrogen) atoms. The Bertz CT molecular complexity index is 654. The van der Waals surface area contributed by atoms with E-state index in [1.54, 1.807) is 0 Å². The number of ether oxygens (including phenoxy) is 2. The van der Waals surface area contributed by atoms with Crippen LogP contribution in [0.5, 0.6) is 5.75 Å². The van der Waals surface area contributed by atoms with Gasteiger partial charge in [0.1, 0.15) is 5.75 Å². The lowest BCUT2D eigenvalue weighted by atomic mass is 10.2. The lowest BCUT2D eigenvalue weighted by molar-refractivity contribution is 0.0934. The Balaban J connectivity index is 2.29. The summed E-state index contributed by atoms with van der Waals surface area (Å²) < 4.78 is 36.7. The number of nitrogens with zero attached hydrogens (tertiary/aromatic N) is 1. The van der Waals surface area contributed by atoms with Crippen LogP contribution in [0, 0.1) is 0 Å². The number of hydrogen-bond donors (Lipinski definition) is 1. The number of carbonyl (C=O) groups is 1. The molecular weight excluding hydrogens is 320 g/mol. The molecule has 1 saturated heterocycles. The quantitative estimate of drug-likeness (QED) is 0.743. The van der Waals surface area contributed by atoms with Crippen LogP contribution in [0.25, 0.3) is 0 Å². The zero-order chi connectivity index (χ0) is 16.9. The molecule has 0 aliphatic carbocycles. The fraction of sp³-hybridized carbons (Fsp3) is 0.533. The maximum atomic E-state index is 12.6. The molecule has 1 aliphatic rings. The van der Waals surface area contributed by atoms with Gasteiger partial charge in [0.25, 0.3) is 5.91 Å². The van der Waals surface area contributed by atoms with Gasteiger partial charge < -0.3 is 14.8 Å². The van der Waals surface area contributed by atoms with Crippen molar-refractivity contribution in [2.24, 2.45) is 0 Å². The third-order valence-electron chi connectivity index (χ3n) is 3.71. The van der Waals surface area contributed by atoms with Crippen LogP contribution in [0.3, 0.4) is 0 Å². The highest BCUT2D eigenvalue weighted by Gasteiger charge is 2.28. The van der Waals surface area contributed by atoms with Gasteiger partial charge >= 0.3 is 0 Å². The molecule has 0 saturated carbocycles. The predicted molar refractivity (Wildman–Crippen MR) is 85.2 cm³/mol. The first-order chi connectivity index (χ1) is 11.0. The average molecular weight is 342 g/mol. The number of rotatable bonds is 7. The summed E-state index contributed by atoms with van der Waals surface area (Å²) in [6.07, 6.45) is 1.72. The second kappa shape index (κ2) is 7.76. The Labute approximate surface area is 136 Å². The van der Waals surface area contributed by atoms with E-state index < -0.39 is 15.9 Å². The van der Waals surface area contributed by atoms with E-state index in [9.17, 15) is 13.2 Å². The summed E-state index contributed by atoms with van der Waals surface area (Å²) in [6, 6.07) is 4.35. The highest BCUT2D eigenvalue weighted by atomic mass is 32.2. The second-order valence-corrected chi connectivity index (χ2v) is 7.16. The SMILES string of the molecule is COCCNC(=O)c1cc(S(=O)(=O)N2CCCC2)ccc1OC. The van der Waals surface area contributed by atoms with Gasteiger partial charge in [-0.25, -0.2) is 8.42 Å². The second-order valence-electron chi connectivity index (χ2n) is 5.22. The molecule has 2 rings (SSSR count). The van der Waals surface area contributed by atoms with Crippen LogP contribution in [0.4, 0.5) is 0 Å². The van der Waals surface area contributed by atoms with Crippen LogP contribution in [-0.4, -0.2) is 59.1 Å². The van der Waals surface area contributed by atoms with E-state index in [0.717, 1.165) is 12.8 Å². The third-order valence-corrected chi connectivity index (χ3v) is 5.60. The van der Waals surface area contributed by atoms with E-state index >= 15 is 0 Å². The lowest BCUT2D eigenvalue weighted by Gasteiger charge is -2.17. The van der Waals surface area contributed by atoms with E-state index in [4.69, 9.17) is 9.47 Å². The van der Waals surface area contributed by atoms with Crippen LogP contribution in [-0.2, 0) is 14.8 Å². The van der Waals surface area contributed by atoms with Crippen LogP contribution in [0.1, 0.15) is 23.2 Å². The molecule has 1 amide bonds. The van der Waals surface area contributed by atoms with Crippen molar-refractivity contribution in [3.05, 3.63) is 23.8 Å². The lowest BCUT2D eigenvalue weighted by Crippen LogP contribution is -2.29. The minimum Gasteiger partial charge on any atom is -0.496 e. The van der Waals surface area contributed by atoms with E-state index in [1.165, 1.54) is 36.7 Å². The molecule has 1 fully saturated rings. The number of benzene rings is 1. The summed E-state index contributed by atoms with van der Waals surface area (Å²) in [4.78, 5) is 12.4. The predicted octanol–water partition coefficient (Wildman–Crippen LogP) is 0.856. The minimum absolute atomic E-state index is 0.108. The Morgan fingerprint density at radius 3 is 2.57 bits per heavy atom. The van der Waals surface area contributed by atoms with Crippen molar-refractivity contribution >= 4 is 15.9 Å². The number of carbonyl (C=O) groups excluding carboxylic acids is 1. The van der Waals surface area contributed by atoms with Gasteiger partial charge in [-0.3, -0.25) is 4.79 Å². The first-order valence-electron chi connectivity index (χ1n) is 7.46. The van der Waals surface area contributed by atoms with Gasteiger partial charge in [0, 0.05) is 26.7 Å². The van der Waals surface area contributed by atoms with E-state index in [-0.39, 0.29) is 10.5 Å². The summed E-state index contributed by atoms with van der Waals surface area (Å²) in [5.41, 5.74) is 0.198. The Hall–Kier alpha value is -1.64. The smallest absolute Gasteiger partial charge is 0.255 e. The standard InChI is InChI=1S/C15H22N2O5S/c1-21-10-7-16-15(18)13-11-12(5-6-14(13)22-2)23(19,20)17-8-3-4-9-17/h5-6,11H,3-4,7-10H2,1-2H3,(H,16,18). The van der Waals surface area contributed by atoms with E-state index in [2.05, 4.69) is 5.32 Å². The largest absolute Gasteiger partial charge is 0.496 e. The molecule has 0 bridgehead atoms. The summed E-state index contributed by atoms with van der Waals surface area (Å²) in [6.45, 7) is 1.74. The van der Waals surface area contributed by atoms with Crippen molar-refractivity contribution < 1.29 is 22.7 Å². The van der Waals surface area contributed by atoms with Gasteiger partial charge in [0.05, 0.1) is 24.2 Å². The molecule has 1 N–H and O–H groups in total. The number of nitrogens with one attached hydrogen (secondary N) is 1. The Morgan fingerprint density at radius 2 is 1.96 bits per heavy atom. The number of methoxy groups -OCH3 is 2. The normalized spacial score (nSPS) is 15.6. The fourth-order valence-corrected chi connectivity index (χ4v) is 4.01. The molecule has 0 spiro atoms. The van der Waals surface area contributed by atoms with Crippen LogP contribution >= 0.6 is 0 Å². The zero-order valence-electron chi connectivity index (χ0n) is 13.4. The van der Waals surface area contributed by atoms with E-state index in [0.29, 0.717) is 32.0 Å². The topological polar surface area (TPSA) is 84.9 Å². The molecular formula is C15H22N2O5S. The highest BCUT2D eigenvalue weighted by molar-refractivity contribution is 7.89. The van der Waals surface area contributed by atoms with Gasteiger partial charge in [0.15, 0.2) is 0 Å². The molecule has 0 atom stereocenters. The van der Waals surface area contributed by atoms with Crippen LogP contribution in [0.15, 0.2) is 23.1 Å². The van der Waals surface area contributed by atoms with Crippen molar-refractivity contribution in [2.75, 3.05) is 40.5 Å². The minimum atomic E-state index is -3.57. The zero-order valence-corrected chi connectivity index (χ0v) is 14.2. The molecule has 1 aromatic carbocycles. The first kappa shape index (κ1) is 17.7. The monoisotopic (exact) mass is 342 g/mol. The van der Waals surface area contributed by atoms with Crippen molar-refractivity contribution in [1.82, 2.24) is 9.62 Å². The number of sulfonamides is 1. The Kier molecular flexibility index (Phi) is 5.97. The molecule has 7 nitrogen and oxygen atoms in total. The van der Waals surface area contributed by atoms with E-state index in [1.807, 2.05) is 0 Å². The average Bonchev–Trinajstić information content (AvgIpc) is 3.09. The molecule has 0 radical (unpaired) electrons. The molecule has 0 unspecified atom stereocenters. The maximum absolute atomic E-state index is 12.6. The van der Waals surface area contributed by atoms with Crippen molar-refractivity contribution in [1.29, 1.82) is 0 Å². The summed E-state index contributed by atoms with van der Waals surface area (Å²) >= 11 is 0. The summed E-state index contributed by atoms with van der Waals surface area (Å²) in [5.74, 6) is -0.0577. The highest BCUT2D eigenvalue weighted by Crippen LogP contribution is 2.26. The molecule has 1 aromatic rings. The van der Waals surface area contributed by atoms with Gasteiger partial charge in [0.2, 0.25) is 10.0 Å². The molecule has 1 aliphatic heterocycles. The van der Waals surface area contributed by atoms with Gasteiger partial charge in [-0.15, -0.1) is 0 Å². The van der Waals surface area contributed by atoms with Gasteiger partial charge in [-0.2, -0.15) is 4.31 Å². The first-order valence-corrected chi connectivity index (χ1v) is 8.90. The fourth-order valence-electron chi connectivity index (χ4n) is 2.46. The van der Waals surface area contributed by atoms with Crippen molar-refractivity contribution in [3.8, 4) is 5.75 Å². The molecule has 8 heteroatoms. The van der Waals surface area contributed by atoms with Crippen LogP contribution in [0.2, 0.25) is 0 Å². The van der Waals surface area contributed by atoms with Crippen molar-refractivity contribution in [2.45, 2.75) is 17.7 Å². The summed E-state index contributed by atoms with van der Waals surface area (Å²) in [7, 11) is -0.594.